The predicted octanol–water partition coefficient (Wildman–Crippen LogP) is 7.05. The number of carbonyl (C=O) groups is 1. The van der Waals surface area contributed by atoms with Gasteiger partial charge in [0.1, 0.15) is 23.3 Å². The van der Waals surface area contributed by atoms with E-state index in [1.165, 1.54) is 23.0 Å². The second-order valence-corrected chi connectivity index (χ2v) is 13.0. The summed E-state index contributed by atoms with van der Waals surface area (Å²) in [6, 6.07) is 2.28. The third-order valence-electron chi connectivity index (χ3n) is 8.50. The van der Waals surface area contributed by atoms with E-state index in [2.05, 4.69) is 16.5 Å². The number of amides is 1. The van der Waals surface area contributed by atoms with Gasteiger partial charge in [0.05, 0.1) is 16.1 Å². The molecule has 1 saturated heterocycles. The molecule has 0 radical (unpaired) electrons. The van der Waals surface area contributed by atoms with Crippen LogP contribution in [0.2, 0.25) is 5.02 Å². The van der Waals surface area contributed by atoms with Crippen molar-refractivity contribution in [2.24, 2.45) is 0 Å². The van der Waals surface area contributed by atoms with Crippen molar-refractivity contribution in [1.82, 2.24) is 19.4 Å². The molecule has 0 N–H and O–H groups in total. The summed E-state index contributed by atoms with van der Waals surface area (Å²) in [5.74, 6) is -4.20. The minimum absolute atomic E-state index is 0.0184. The molecule has 246 valence electrons. The Morgan fingerprint density at radius 1 is 1.06 bits per heavy atom. The average molecular weight is 694 g/mol. The summed E-state index contributed by atoms with van der Waals surface area (Å²) >= 11 is 6.84. The van der Waals surface area contributed by atoms with Crippen molar-refractivity contribution in [3.8, 4) is 11.1 Å². The summed E-state index contributed by atoms with van der Waals surface area (Å²) in [6.07, 6.45) is -1.34. The number of alkyl halides is 3. The van der Waals surface area contributed by atoms with Crippen molar-refractivity contribution in [2.75, 3.05) is 23.7 Å². The van der Waals surface area contributed by atoms with E-state index in [9.17, 15) is 18.4 Å². The lowest BCUT2D eigenvalue weighted by molar-refractivity contribution is -0.137. The molecule has 7 nitrogen and oxygen atoms in total. The monoisotopic (exact) mass is 693 g/mol. The number of carbonyl (C=O) groups excluding carboxylic acids is 1. The van der Waals surface area contributed by atoms with E-state index in [0.29, 0.717) is 6.07 Å². The Morgan fingerprint density at radius 3 is 2.40 bits per heavy atom. The molecule has 15 heteroatoms. The number of hydrogen-bond donors (Lipinski definition) is 0. The van der Waals surface area contributed by atoms with Gasteiger partial charge >= 0.3 is 11.9 Å². The van der Waals surface area contributed by atoms with Gasteiger partial charge in [-0.1, -0.05) is 18.2 Å². The first-order chi connectivity index (χ1) is 22.2. The normalized spacial score (nSPS) is 20.0. The van der Waals surface area contributed by atoms with Crippen LogP contribution in [0.1, 0.15) is 30.9 Å². The first kappa shape index (κ1) is 32.9. The zero-order valence-corrected chi connectivity index (χ0v) is 26.5. The van der Waals surface area contributed by atoms with Gasteiger partial charge in [0, 0.05) is 88.8 Å². The molecule has 2 aliphatic heterocycles. The van der Waals surface area contributed by atoms with Crippen LogP contribution < -0.4 is 10.6 Å². The van der Waals surface area contributed by atoms with E-state index in [0.717, 1.165) is 30.0 Å². The van der Waals surface area contributed by atoms with Crippen LogP contribution in [0.3, 0.4) is 0 Å². The van der Waals surface area contributed by atoms with Crippen LogP contribution in [-0.2, 0) is 17.5 Å². The smallest absolute Gasteiger partial charge is 0.352 e. The van der Waals surface area contributed by atoms with Gasteiger partial charge in [-0.2, -0.15) is 18.2 Å². The highest BCUT2D eigenvalue weighted by molar-refractivity contribution is 7.99. The van der Waals surface area contributed by atoms with Crippen LogP contribution in [-0.4, -0.2) is 56.3 Å². The molecule has 0 unspecified atom stereocenters. The molecule has 2 aromatic heterocycles. The molecule has 3 atom stereocenters. The fourth-order valence-corrected chi connectivity index (χ4v) is 8.06. The highest BCUT2D eigenvalue weighted by atomic mass is 35.5. The Morgan fingerprint density at radius 2 is 1.77 bits per heavy atom. The second-order valence-electron chi connectivity index (χ2n) is 11.6. The maximum Gasteiger partial charge on any atom is 0.417 e. The van der Waals surface area contributed by atoms with E-state index < -0.39 is 69.0 Å². The maximum absolute atomic E-state index is 15.4. The predicted molar refractivity (Wildman–Crippen MR) is 167 cm³/mol. The number of nitrogens with zero attached hydrogens (tertiary/aromatic N) is 5. The minimum atomic E-state index is -5.05. The van der Waals surface area contributed by atoms with Crippen molar-refractivity contribution >= 4 is 46.0 Å². The number of hydrogen-bond acceptors (Lipinski definition) is 6. The first-order valence-electron chi connectivity index (χ1n) is 14.5. The molecule has 0 aliphatic carbocycles. The van der Waals surface area contributed by atoms with Crippen molar-refractivity contribution in [3.05, 3.63) is 93.4 Å². The highest BCUT2D eigenvalue weighted by Crippen LogP contribution is 2.50. The molecule has 1 fully saturated rings. The Labute approximate surface area is 273 Å². The topological polar surface area (TPSA) is 71.3 Å². The first-order valence-corrected chi connectivity index (χ1v) is 15.8. The van der Waals surface area contributed by atoms with E-state index >= 15 is 17.6 Å². The van der Waals surface area contributed by atoms with E-state index in [1.54, 1.807) is 23.6 Å². The summed E-state index contributed by atoms with van der Waals surface area (Å²) in [4.78, 5) is 37.8. The van der Waals surface area contributed by atoms with Gasteiger partial charge < -0.3 is 9.80 Å². The summed E-state index contributed by atoms with van der Waals surface area (Å²) in [7, 11) is 0. The number of halogens is 7. The maximum atomic E-state index is 15.4. The van der Waals surface area contributed by atoms with Crippen LogP contribution >= 0.6 is 23.4 Å². The lowest BCUT2D eigenvalue weighted by Gasteiger charge is -2.44. The van der Waals surface area contributed by atoms with E-state index in [-0.39, 0.29) is 58.5 Å². The molecular weight excluding hydrogens is 668 g/mol. The number of rotatable bonds is 4. The van der Waals surface area contributed by atoms with E-state index in [1.807, 2.05) is 0 Å². The van der Waals surface area contributed by atoms with Gasteiger partial charge in [0.2, 0.25) is 5.91 Å². The Bertz CT molecular complexity index is 1990. The van der Waals surface area contributed by atoms with Crippen LogP contribution in [0, 0.1) is 17.5 Å². The SMILES string of the molecule is C=CC(=O)N1[C@H](C)CN(c2nc(=O)n3c4c(c(-c5cc(Cl)c(F)cc5F)c(C(F)(F)F)cc24)SC[C@@H](c2cnccc2F)C3)C[C@@H]1C. The summed E-state index contributed by atoms with van der Waals surface area (Å²) in [5.41, 5.74) is -3.15. The summed E-state index contributed by atoms with van der Waals surface area (Å²) in [6.45, 7) is 7.16. The van der Waals surface area contributed by atoms with Gasteiger partial charge in [-0.05, 0) is 38.1 Å². The molecular formula is C32H26ClF6N5O2S. The molecule has 0 saturated carbocycles. The third-order valence-corrected chi connectivity index (χ3v) is 10.0. The van der Waals surface area contributed by atoms with Crippen molar-refractivity contribution in [1.29, 1.82) is 0 Å². The Kier molecular flexibility index (Phi) is 8.54. The fourth-order valence-electron chi connectivity index (χ4n) is 6.52. The number of benzene rings is 2. The number of pyridine rings is 1. The zero-order valence-electron chi connectivity index (χ0n) is 24.9. The summed E-state index contributed by atoms with van der Waals surface area (Å²) in [5, 5.41) is -0.648. The van der Waals surface area contributed by atoms with Crippen molar-refractivity contribution in [3.63, 3.8) is 0 Å². The largest absolute Gasteiger partial charge is 0.417 e. The van der Waals surface area contributed by atoms with Crippen LogP contribution in [0.4, 0.5) is 32.2 Å². The van der Waals surface area contributed by atoms with Gasteiger partial charge in [-0.25, -0.2) is 18.0 Å². The van der Waals surface area contributed by atoms with E-state index in [4.69, 9.17) is 11.6 Å². The molecule has 4 aromatic rings. The number of piperazine rings is 1. The lowest BCUT2D eigenvalue weighted by atomic mass is 9.95. The van der Waals surface area contributed by atoms with Gasteiger partial charge in [0.15, 0.2) is 0 Å². The van der Waals surface area contributed by atoms with Crippen LogP contribution in [0.25, 0.3) is 22.0 Å². The van der Waals surface area contributed by atoms with Gasteiger partial charge in [0.25, 0.3) is 0 Å². The van der Waals surface area contributed by atoms with Gasteiger partial charge in [-0.3, -0.25) is 14.3 Å². The van der Waals surface area contributed by atoms with Gasteiger partial charge in [-0.15, -0.1) is 11.8 Å². The molecule has 6 rings (SSSR count). The third kappa shape index (κ3) is 5.75. The summed E-state index contributed by atoms with van der Waals surface area (Å²) < 4.78 is 90.8. The minimum Gasteiger partial charge on any atom is -0.352 e. The Balaban J connectivity index is 1.67. The second kappa shape index (κ2) is 12.2. The Hall–Kier alpha value is -4.04. The molecule has 47 heavy (non-hydrogen) atoms. The molecule has 0 spiro atoms. The standard InChI is InChI=1S/C32H26ClF6N5O2S/c1-4-26(45)44-15(2)11-42(12-16(44)3)30-19-7-21(32(37,38)39)27(18-8-22(33)25(36)9-24(18)35)29-28(19)43(31(46)41-30)13-17(14-47-29)20-10-40-6-5-23(20)34/h4-10,15-17H,1,11-14H2,2-3H3/t15-,16+,17-/m0/s1. The average Bonchev–Trinajstić information content (AvgIpc) is 3.21. The number of thioether (sulfide) groups is 1. The van der Waals surface area contributed by atoms with Crippen LogP contribution in [0.5, 0.6) is 0 Å². The molecule has 2 aliphatic rings. The number of aromatic nitrogens is 3. The number of anilines is 1. The van der Waals surface area contributed by atoms with Crippen molar-refractivity contribution in [2.45, 2.75) is 49.5 Å². The molecule has 2 aromatic carbocycles. The molecule has 1 amide bonds. The fraction of sp³-hybridized carbons (Fsp3) is 0.312. The highest BCUT2D eigenvalue weighted by Gasteiger charge is 2.40. The van der Waals surface area contributed by atoms with Crippen molar-refractivity contribution < 1.29 is 31.1 Å². The lowest BCUT2D eigenvalue weighted by Crippen LogP contribution is -2.58. The quantitative estimate of drug-likeness (QED) is 0.130. The molecule has 4 heterocycles. The van der Waals surface area contributed by atoms with Crippen LogP contribution in [0.15, 0.2) is 59.0 Å². The zero-order chi connectivity index (χ0) is 33.9. The molecule has 0 bridgehead atoms.